The second-order valence-electron chi connectivity index (χ2n) is 4.54. The van der Waals surface area contributed by atoms with E-state index in [9.17, 15) is 8.42 Å². The average Bonchev–Trinajstić information content (AvgIpc) is 2.53. The molecule has 1 heterocycles. The number of hydrogen-bond donors (Lipinski definition) is 2. The highest BCUT2D eigenvalue weighted by atomic mass is 32.2. The summed E-state index contributed by atoms with van der Waals surface area (Å²) in [5, 5.41) is 9.13. The van der Waals surface area contributed by atoms with Gasteiger partial charge in [-0.2, -0.15) is 4.31 Å². The Morgan fingerprint density at radius 2 is 2.19 bits per heavy atom. The lowest BCUT2D eigenvalue weighted by molar-refractivity contribution is -0.0304. The molecule has 0 saturated carbocycles. The predicted molar refractivity (Wildman–Crippen MR) is 78.0 cm³/mol. The first kappa shape index (κ1) is 15.9. The summed E-state index contributed by atoms with van der Waals surface area (Å²) < 4.78 is 32.0. The van der Waals surface area contributed by atoms with Crippen molar-refractivity contribution in [3.63, 3.8) is 0 Å². The Balaban J connectivity index is 2.35. The van der Waals surface area contributed by atoms with Crippen LogP contribution in [0.25, 0.3) is 0 Å². The number of sulfonamides is 1. The Hall–Kier alpha value is -1.43. The largest absolute Gasteiger partial charge is 0.394 e. The van der Waals surface area contributed by atoms with E-state index in [1.54, 1.807) is 18.2 Å². The number of benzene rings is 1. The van der Waals surface area contributed by atoms with Gasteiger partial charge in [0.15, 0.2) is 0 Å². The van der Waals surface area contributed by atoms with E-state index < -0.39 is 16.1 Å². The van der Waals surface area contributed by atoms with Crippen molar-refractivity contribution in [1.82, 2.24) is 4.31 Å². The van der Waals surface area contributed by atoms with Crippen molar-refractivity contribution in [2.45, 2.75) is 11.0 Å². The summed E-state index contributed by atoms with van der Waals surface area (Å²) in [4.78, 5) is 0.157. The molecule has 0 bridgehead atoms. The minimum Gasteiger partial charge on any atom is -0.394 e. The molecule has 1 saturated heterocycles. The van der Waals surface area contributed by atoms with Gasteiger partial charge in [-0.1, -0.05) is 24.0 Å². The quantitative estimate of drug-likeness (QED) is 0.726. The van der Waals surface area contributed by atoms with Gasteiger partial charge in [-0.25, -0.2) is 8.42 Å². The van der Waals surface area contributed by atoms with Gasteiger partial charge >= 0.3 is 0 Å². The molecule has 0 aromatic heterocycles. The molecule has 0 spiro atoms. The van der Waals surface area contributed by atoms with Gasteiger partial charge < -0.3 is 15.6 Å². The van der Waals surface area contributed by atoms with Gasteiger partial charge in [-0.05, 0) is 12.1 Å². The smallest absolute Gasteiger partial charge is 0.244 e. The van der Waals surface area contributed by atoms with Crippen LogP contribution in [0, 0.1) is 11.8 Å². The molecule has 1 aromatic rings. The van der Waals surface area contributed by atoms with Gasteiger partial charge in [0.05, 0.1) is 30.8 Å². The third-order valence-corrected chi connectivity index (χ3v) is 5.06. The SMILES string of the molecule is NCC#Cc1ccccc1S(=O)(=O)N1CCOC(CO)C1. The molecule has 21 heavy (non-hydrogen) atoms. The Kier molecular flexibility index (Phi) is 5.33. The Morgan fingerprint density at radius 1 is 1.43 bits per heavy atom. The highest BCUT2D eigenvalue weighted by Gasteiger charge is 2.31. The molecule has 1 aliphatic heterocycles. The van der Waals surface area contributed by atoms with Crippen molar-refractivity contribution in [3.05, 3.63) is 29.8 Å². The molecule has 1 atom stereocenters. The summed E-state index contributed by atoms with van der Waals surface area (Å²) in [7, 11) is -3.67. The number of aliphatic hydroxyl groups excluding tert-OH is 1. The second kappa shape index (κ2) is 7.02. The van der Waals surface area contributed by atoms with E-state index in [0.717, 1.165) is 0 Å². The first-order valence-corrected chi connectivity index (χ1v) is 8.04. The monoisotopic (exact) mass is 310 g/mol. The molecule has 114 valence electrons. The van der Waals surface area contributed by atoms with Crippen LogP contribution in [0.5, 0.6) is 0 Å². The molecule has 2 rings (SSSR count). The fourth-order valence-electron chi connectivity index (χ4n) is 2.10. The Bertz CT molecular complexity index is 648. The van der Waals surface area contributed by atoms with Crippen LogP contribution in [-0.2, 0) is 14.8 Å². The van der Waals surface area contributed by atoms with Crippen molar-refractivity contribution in [1.29, 1.82) is 0 Å². The number of aliphatic hydroxyl groups is 1. The maximum atomic E-state index is 12.7. The minimum atomic E-state index is -3.67. The molecule has 7 heteroatoms. The third-order valence-electron chi connectivity index (χ3n) is 3.14. The molecule has 1 aliphatic rings. The maximum absolute atomic E-state index is 12.7. The topological polar surface area (TPSA) is 92.9 Å². The molecular formula is C14H18N2O4S. The van der Waals surface area contributed by atoms with Crippen LogP contribution >= 0.6 is 0 Å². The van der Waals surface area contributed by atoms with Crippen molar-refractivity contribution in [2.24, 2.45) is 5.73 Å². The minimum absolute atomic E-state index is 0.136. The molecule has 0 radical (unpaired) electrons. The van der Waals surface area contributed by atoms with Crippen molar-refractivity contribution in [2.75, 3.05) is 32.8 Å². The van der Waals surface area contributed by atoms with Crippen LogP contribution in [0.3, 0.4) is 0 Å². The van der Waals surface area contributed by atoms with Gasteiger partial charge in [-0.3, -0.25) is 0 Å². The van der Waals surface area contributed by atoms with Crippen molar-refractivity contribution in [3.8, 4) is 11.8 Å². The number of morpholine rings is 1. The van der Waals surface area contributed by atoms with Crippen LogP contribution in [0.15, 0.2) is 29.2 Å². The molecule has 0 aliphatic carbocycles. The molecule has 6 nitrogen and oxygen atoms in total. The number of nitrogens with zero attached hydrogens (tertiary/aromatic N) is 1. The normalized spacial score (nSPS) is 19.8. The summed E-state index contributed by atoms with van der Waals surface area (Å²) in [5.41, 5.74) is 5.76. The lowest BCUT2D eigenvalue weighted by atomic mass is 10.2. The van der Waals surface area contributed by atoms with Crippen molar-refractivity contribution >= 4 is 10.0 Å². The summed E-state index contributed by atoms with van der Waals surface area (Å²) in [5.74, 6) is 5.45. The van der Waals surface area contributed by atoms with E-state index in [-0.39, 0.29) is 37.7 Å². The number of nitrogens with two attached hydrogens (primary N) is 1. The molecule has 1 fully saturated rings. The van der Waals surface area contributed by atoms with E-state index in [1.165, 1.54) is 10.4 Å². The van der Waals surface area contributed by atoms with Gasteiger partial charge in [0.25, 0.3) is 0 Å². The summed E-state index contributed by atoms with van der Waals surface area (Å²) in [6, 6.07) is 6.57. The van der Waals surface area contributed by atoms with Crippen LogP contribution in [0.2, 0.25) is 0 Å². The van der Waals surface area contributed by atoms with E-state index in [4.69, 9.17) is 15.6 Å². The lowest BCUT2D eigenvalue weighted by Gasteiger charge is -2.31. The van der Waals surface area contributed by atoms with Crippen LogP contribution in [0.4, 0.5) is 0 Å². The number of hydrogen-bond acceptors (Lipinski definition) is 5. The Labute approximate surface area is 124 Å². The highest BCUT2D eigenvalue weighted by molar-refractivity contribution is 7.89. The second-order valence-corrected chi connectivity index (χ2v) is 6.45. The first-order chi connectivity index (χ1) is 10.1. The summed E-state index contributed by atoms with van der Waals surface area (Å²) in [6.45, 7) is 0.620. The molecular weight excluding hydrogens is 292 g/mol. The maximum Gasteiger partial charge on any atom is 0.244 e. The zero-order valence-corrected chi connectivity index (χ0v) is 12.3. The summed E-state index contributed by atoms with van der Waals surface area (Å²) >= 11 is 0. The average molecular weight is 310 g/mol. The predicted octanol–water partition coefficient (Wildman–Crippen LogP) is -0.621. The van der Waals surface area contributed by atoms with Gasteiger partial charge in [0, 0.05) is 18.7 Å². The van der Waals surface area contributed by atoms with Crippen LogP contribution in [0.1, 0.15) is 5.56 Å². The van der Waals surface area contributed by atoms with E-state index in [1.807, 2.05) is 0 Å². The fraction of sp³-hybridized carbons (Fsp3) is 0.429. The Morgan fingerprint density at radius 3 is 2.90 bits per heavy atom. The first-order valence-electron chi connectivity index (χ1n) is 6.60. The summed E-state index contributed by atoms with van der Waals surface area (Å²) in [6.07, 6.45) is -0.490. The highest BCUT2D eigenvalue weighted by Crippen LogP contribution is 2.21. The number of ether oxygens (including phenoxy) is 1. The van der Waals surface area contributed by atoms with E-state index in [0.29, 0.717) is 5.56 Å². The standard InChI is InChI=1S/C14H18N2O4S/c15-7-3-5-12-4-1-2-6-14(12)21(18,19)16-8-9-20-13(10-16)11-17/h1-2,4,6,13,17H,7-11,15H2. The van der Waals surface area contributed by atoms with Crippen LogP contribution < -0.4 is 5.73 Å². The van der Waals surface area contributed by atoms with Gasteiger partial charge in [-0.15, -0.1) is 0 Å². The zero-order chi connectivity index (χ0) is 15.3. The van der Waals surface area contributed by atoms with Gasteiger partial charge in [0.2, 0.25) is 10.0 Å². The van der Waals surface area contributed by atoms with Crippen LogP contribution in [-0.4, -0.2) is 56.8 Å². The third kappa shape index (κ3) is 3.61. The van der Waals surface area contributed by atoms with E-state index in [2.05, 4.69) is 11.8 Å². The zero-order valence-electron chi connectivity index (χ0n) is 11.5. The molecule has 1 unspecified atom stereocenters. The molecule has 1 aromatic carbocycles. The molecule has 0 amide bonds. The number of rotatable bonds is 3. The molecule has 3 N–H and O–H groups in total. The van der Waals surface area contributed by atoms with Crippen molar-refractivity contribution < 1.29 is 18.3 Å². The fourth-order valence-corrected chi connectivity index (χ4v) is 3.70. The van der Waals surface area contributed by atoms with Gasteiger partial charge in [0.1, 0.15) is 0 Å². The van der Waals surface area contributed by atoms with E-state index >= 15 is 0 Å². The lowest BCUT2D eigenvalue weighted by Crippen LogP contribution is -2.46.